The molecule has 0 aromatic heterocycles. The molecule has 2 aromatic rings. The minimum Gasteiger partial charge on any atom is -0.451 e. The molecule has 2 aromatic carbocycles. The van der Waals surface area contributed by atoms with Gasteiger partial charge in [0.05, 0.1) is 15.0 Å². The number of nitrogens with zero attached hydrogens (tertiary/aromatic N) is 1. The largest absolute Gasteiger partial charge is 0.451 e. The van der Waals surface area contributed by atoms with Crippen LogP contribution in [0.4, 0.5) is 10.1 Å². The van der Waals surface area contributed by atoms with Crippen LogP contribution in [-0.4, -0.2) is 4.92 Å². The van der Waals surface area contributed by atoms with E-state index in [1.807, 2.05) is 0 Å². The van der Waals surface area contributed by atoms with E-state index in [2.05, 4.69) is 0 Å². The van der Waals surface area contributed by atoms with Crippen LogP contribution in [0.15, 0.2) is 30.3 Å². The number of hydrogen-bond acceptors (Lipinski definition) is 4. The van der Waals surface area contributed by atoms with Gasteiger partial charge in [-0.05, 0) is 6.07 Å². The van der Waals surface area contributed by atoms with Crippen molar-refractivity contribution >= 4 is 28.9 Å². The fourth-order valence-electron chi connectivity index (χ4n) is 1.68. The van der Waals surface area contributed by atoms with Crippen molar-refractivity contribution in [2.45, 2.75) is 6.54 Å². The van der Waals surface area contributed by atoms with Crippen LogP contribution in [0.3, 0.4) is 0 Å². The smallest absolute Gasteiger partial charge is 0.272 e. The fourth-order valence-corrected chi connectivity index (χ4v) is 2.23. The highest BCUT2D eigenvalue weighted by molar-refractivity contribution is 6.37. The molecule has 0 fully saturated rings. The van der Waals surface area contributed by atoms with Gasteiger partial charge in [-0.15, -0.1) is 0 Å². The lowest BCUT2D eigenvalue weighted by Crippen LogP contribution is -2.02. The van der Waals surface area contributed by atoms with Gasteiger partial charge < -0.3 is 10.5 Å². The van der Waals surface area contributed by atoms with Gasteiger partial charge in [0.15, 0.2) is 17.3 Å². The third kappa shape index (κ3) is 3.24. The van der Waals surface area contributed by atoms with Crippen molar-refractivity contribution in [1.29, 1.82) is 0 Å². The zero-order valence-corrected chi connectivity index (χ0v) is 12.0. The highest BCUT2D eigenvalue weighted by Crippen LogP contribution is 2.40. The van der Waals surface area contributed by atoms with Crippen LogP contribution in [0.1, 0.15) is 5.56 Å². The Hall–Kier alpha value is -1.89. The summed E-state index contributed by atoms with van der Waals surface area (Å²) >= 11 is 11.8. The Bertz CT molecular complexity index is 687. The maximum atomic E-state index is 13.8. The summed E-state index contributed by atoms with van der Waals surface area (Å²) < 4.78 is 19.2. The lowest BCUT2D eigenvalue weighted by molar-refractivity contribution is -0.384. The van der Waals surface area contributed by atoms with Crippen molar-refractivity contribution < 1.29 is 14.1 Å². The summed E-state index contributed by atoms with van der Waals surface area (Å²) in [6.07, 6.45) is 0. The molecule has 0 spiro atoms. The van der Waals surface area contributed by atoms with Gasteiger partial charge in [-0.3, -0.25) is 10.1 Å². The number of para-hydroxylation sites is 1. The summed E-state index contributed by atoms with van der Waals surface area (Å²) in [6, 6.07) is 6.42. The first-order valence-corrected chi connectivity index (χ1v) is 6.48. The lowest BCUT2D eigenvalue weighted by atomic mass is 10.2. The van der Waals surface area contributed by atoms with Crippen LogP contribution < -0.4 is 10.5 Å². The summed E-state index contributed by atoms with van der Waals surface area (Å²) in [5.74, 6) is -0.815. The molecule has 0 bridgehead atoms. The molecule has 0 unspecified atom stereocenters. The highest BCUT2D eigenvalue weighted by atomic mass is 35.5. The summed E-state index contributed by atoms with van der Waals surface area (Å²) in [6.45, 7) is 0.0509. The zero-order valence-electron chi connectivity index (χ0n) is 10.5. The second-order valence-electron chi connectivity index (χ2n) is 4.03. The Labute approximate surface area is 129 Å². The van der Waals surface area contributed by atoms with Gasteiger partial charge in [-0.1, -0.05) is 35.3 Å². The van der Waals surface area contributed by atoms with Crippen LogP contribution in [0, 0.1) is 15.9 Å². The van der Waals surface area contributed by atoms with E-state index in [9.17, 15) is 14.5 Å². The molecule has 110 valence electrons. The zero-order chi connectivity index (χ0) is 15.6. The molecule has 0 aliphatic carbocycles. The number of benzene rings is 2. The van der Waals surface area contributed by atoms with Gasteiger partial charge in [0.1, 0.15) is 0 Å². The number of rotatable bonds is 4. The van der Waals surface area contributed by atoms with Crippen molar-refractivity contribution in [2.24, 2.45) is 5.73 Å². The molecule has 8 heteroatoms. The Morgan fingerprint density at radius 3 is 2.38 bits per heavy atom. The molecule has 0 aliphatic heterocycles. The van der Waals surface area contributed by atoms with Gasteiger partial charge >= 0.3 is 0 Å². The Kier molecular flexibility index (Phi) is 4.62. The predicted molar refractivity (Wildman–Crippen MR) is 77.5 cm³/mol. The number of hydrogen-bond donors (Lipinski definition) is 1. The van der Waals surface area contributed by atoms with Crippen molar-refractivity contribution in [3.63, 3.8) is 0 Å². The van der Waals surface area contributed by atoms with Crippen LogP contribution in [0.2, 0.25) is 10.0 Å². The van der Waals surface area contributed by atoms with Crippen LogP contribution >= 0.6 is 23.2 Å². The molecule has 0 radical (unpaired) electrons. The van der Waals surface area contributed by atoms with E-state index < -0.39 is 10.7 Å². The summed E-state index contributed by atoms with van der Waals surface area (Å²) in [4.78, 5) is 10.1. The number of nitro benzene ring substituents is 1. The predicted octanol–water partition coefficient (Wildman–Crippen LogP) is 4.29. The average Bonchev–Trinajstić information content (AvgIpc) is 2.43. The first-order valence-electron chi connectivity index (χ1n) is 5.72. The second kappa shape index (κ2) is 6.26. The number of nitro groups is 1. The van der Waals surface area contributed by atoms with Crippen LogP contribution in [0.5, 0.6) is 11.5 Å². The fraction of sp³-hybridized carbons (Fsp3) is 0.0769. The van der Waals surface area contributed by atoms with Crippen molar-refractivity contribution in [3.05, 3.63) is 61.9 Å². The topological polar surface area (TPSA) is 78.4 Å². The molecular weight excluding hydrogens is 322 g/mol. The van der Waals surface area contributed by atoms with E-state index in [1.54, 1.807) is 6.07 Å². The minimum atomic E-state index is -0.643. The lowest BCUT2D eigenvalue weighted by Gasteiger charge is -2.13. The van der Waals surface area contributed by atoms with E-state index in [1.165, 1.54) is 12.1 Å². The van der Waals surface area contributed by atoms with Crippen molar-refractivity contribution in [1.82, 2.24) is 0 Å². The van der Waals surface area contributed by atoms with Gasteiger partial charge in [0.2, 0.25) is 0 Å². The quantitative estimate of drug-likeness (QED) is 0.669. The van der Waals surface area contributed by atoms with E-state index in [-0.39, 0.29) is 33.8 Å². The number of nitrogens with two attached hydrogens (primary N) is 1. The molecule has 2 N–H and O–H groups in total. The van der Waals surface area contributed by atoms with E-state index in [4.69, 9.17) is 33.7 Å². The minimum absolute atomic E-state index is 0.0509. The maximum absolute atomic E-state index is 13.8. The van der Waals surface area contributed by atoms with Gasteiger partial charge in [-0.25, -0.2) is 4.39 Å². The Morgan fingerprint density at radius 2 is 1.86 bits per heavy atom. The Balaban J connectivity index is 2.48. The third-order valence-electron chi connectivity index (χ3n) is 2.67. The molecule has 0 amide bonds. The van der Waals surface area contributed by atoms with E-state index in [0.717, 1.165) is 12.1 Å². The molecule has 2 rings (SSSR count). The molecule has 0 saturated heterocycles. The molecule has 5 nitrogen and oxygen atoms in total. The maximum Gasteiger partial charge on any atom is 0.272 e. The van der Waals surface area contributed by atoms with Crippen LogP contribution in [-0.2, 0) is 6.54 Å². The molecule has 0 atom stereocenters. The molecular formula is C13H9Cl2FN2O3. The summed E-state index contributed by atoms with van der Waals surface area (Å²) in [7, 11) is 0. The van der Waals surface area contributed by atoms with E-state index >= 15 is 0 Å². The normalized spacial score (nSPS) is 10.5. The molecule has 0 saturated carbocycles. The average molecular weight is 331 g/mol. The number of ether oxygens (including phenoxy) is 1. The molecule has 0 heterocycles. The summed E-state index contributed by atoms with van der Waals surface area (Å²) in [5, 5.41) is 10.5. The Morgan fingerprint density at radius 1 is 1.24 bits per heavy atom. The van der Waals surface area contributed by atoms with Gasteiger partial charge in [0, 0.05) is 24.2 Å². The van der Waals surface area contributed by atoms with Crippen molar-refractivity contribution in [3.8, 4) is 11.5 Å². The molecule has 21 heavy (non-hydrogen) atoms. The number of halogens is 3. The van der Waals surface area contributed by atoms with Gasteiger partial charge in [0.25, 0.3) is 5.69 Å². The van der Waals surface area contributed by atoms with Gasteiger partial charge in [-0.2, -0.15) is 0 Å². The standard InChI is InChI=1S/C13H9Cl2FN2O3/c14-9-4-8(18(19)20)5-10(15)13(9)21-12-7(6-17)2-1-3-11(12)16/h1-5H,6,17H2. The first kappa shape index (κ1) is 15.5. The van der Waals surface area contributed by atoms with Crippen LogP contribution in [0.25, 0.3) is 0 Å². The van der Waals surface area contributed by atoms with Crippen molar-refractivity contribution in [2.75, 3.05) is 0 Å². The number of non-ortho nitro benzene ring substituents is 1. The second-order valence-corrected chi connectivity index (χ2v) is 4.84. The third-order valence-corrected chi connectivity index (χ3v) is 3.23. The SMILES string of the molecule is NCc1cccc(F)c1Oc1c(Cl)cc([N+](=O)[O-])cc1Cl. The molecule has 0 aliphatic rings. The summed E-state index contributed by atoms with van der Waals surface area (Å²) in [5.41, 5.74) is 5.64. The van der Waals surface area contributed by atoms with E-state index in [0.29, 0.717) is 5.56 Å². The first-order chi connectivity index (χ1) is 9.93. The monoisotopic (exact) mass is 330 g/mol. The highest BCUT2D eigenvalue weighted by Gasteiger charge is 2.19.